The summed E-state index contributed by atoms with van der Waals surface area (Å²) in [4.78, 5) is 27.5. The molecule has 3 aromatic rings. The Morgan fingerprint density at radius 1 is 1.16 bits per heavy atom. The first-order chi connectivity index (χ1) is 15.6. The fourth-order valence-electron chi connectivity index (χ4n) is 3.27. The Labute approximate surface area is 184 Å². The van der Waals surface area contributed by atoms with Gasteiger partial charge in [0.1, 0.15) is 6.04 Å². The highest BCUT2D eigenvalue weighted by Crippen LogP contribution is 2.20. The molecule has 3 rings (SSSR count). The highest BCUT2D eigenvalue weighted by atomic mass is 16.5. The number of carbonyl (C=O) groups is 2. The summed E-state index contributed by atoms with van der Waals surface area (Å²) in [6.07, 6.45) is 1.79. The number of esters is 1. The molecule has 0 saturated carbocycles. The molecule has 0 saturated heterocycles. The zero-order chi connectivity index (χ0) is 22.8. The van der Waals surface area contributed by atoms with E-state index in [1.165, 1.54) is 6.20 Å². The van der Waals surface area contributed by atoms with Crippen molar-refractivity contribution in [2.75, 3.05) is 6.61 Å². The number of benzene rings is 2. The second-order valence-electron chi connectivity index (χ2n) is 7.00. The summed E-state index contributed by atoms with van der Waals surface area (Å²) in [5, 5.41) is 16.2. The molecule has 0 fully saturated rings. The minimum atomic E-state index is -1.06. The van der Waals surface area contributed by atoms with Crippen molar-refractivity contribution in [3.63, 3.8) is 0 Å². The number of H-pyrrole nitrogens is 1. The predicted octanol–water partition coefficient (Wildman–Crippen LogP) is 3.44. The summed E-state index contributed by atoms with van der Waals surface area (Å²) >= 11 is 0. The van der Waals surface area contributed by atoms with Crippen molar-refractivity contribution < 1.29 is 14.3 Å². The normalized spacial score (nSPS) is 12.3. The van der Waals surface area contributed by atoms with Crippen molar-refractivity contribution in [1.82, 2.24) is 20.7 Å². The number of aromatic nitrogens is 3. The molecule has 10 nitrogen and oxygen atoms in total. The molecule has 0 spiro atoms. The number of nitrogens with one attached hydrogen (secondary N) is 2. The predicted molar refractivity (Wildman–Crippen MR) is 117 cm³/mol. The standard InChI is InChI=1S/C22H23N7O3/c1-2-32-22(31)19(26-28-23)13-18(25-21(30)20-14-24-29-27-20)12-15-8-10-17(11-9-15)16-6-4-3-5-7-16/h3-11,14,18-19H,2,12-13H2,1H3,(H,25,30)(H,24,27,29)/t18-,19-/m1/s1. The van der Waals surface area contributed by atoms with Gasteiger partial charge in [0.15, 0.2) is 5.69 Å². The maximum atomic E-state index is 12.5. The monoisotopic (exact) mass is 433 g/mol. The van der Waals surface area contributed by atoms with Crippen LogP contribution in [-0.2, 0) is 16.0 Å². The maximum Gasteiger partial charge on any atom is 0.314 e. The Bertz CT molecular complexity index is 1060. The van der Waals surface area contributed by atoms with Crippen LogP contribution in [0.5, 0.6) is 0 Å². The summed E-state index contributed by atoms with van der Waals surface area (Å²) in [7, 11) is 0. The minimum absolute atomic E-state index is 0.0763. The molecular weight excluding hydrogens is 410 g/mol. The Hall–Kier alpha value is -4.17. The van der Waals surface area contributed by atoms with Gasteiger partial charge in [-0.2, -0.15) is 15.4 Å². The van der Waals surface area contributed by atoms with Crippen LogP contribution in [-0.4, -0.2) is 46.0 Å². The molecule has 2 aromatic carbocycles. The molecule has 1 amide bonds. The van der Waals surface area contributed by atoms with Gasteiger partial charge in [-0.3, -0.25) is 9.59 Å². The first-order valence-corrected chi connectivity index (χ1v) is 10.1. The molecule has 10 heteroatoms. The molecule has 0 radical (unpaired) electrons. The van der Waals surface area contributed by atoms with E-state index in [0.29, 0.717) is 6.42 Å². The van der Waals surface area contributed by atoms with E-state index in [2.05, 4.69) is 30.8 Å². The fraction of sp³-hybridized carbons (Fsp3) is 0.273. The Kier molecular flexibility index (Phi) is 7.94. The lowest BCUT2D eigenvalue weighted by atomic mass is 9.97. The molecule has 1 aromatic heterocycles. The van der Waals surface area contributed by atoms with Gasteiger partial charge < -0.3 is 10.1 Å². The quantitative estimate of drug-likeness (QED) is 0.218. The first-order valence-electron chi connectivity index (χ1n) is 10.1. The SMILES string of the molecule is CCOC(=O)[C@@H](C[C@@H](Cc1ccc(-c2ccccc2)cc1)NC(=O)c1cn[nH]n1)N=[N+]=[N-]. The number of aromatic amines is 1. The van der Waals surface area contributed by atoms with Crippen LogP contribution >= 0.6 is 0 Å². The number of amides is 1. The summed E-state index contributed by atoms with van der Waals surface area (Å²) < 4.78 is 5.01. The molecule has 1 heterocycles. The lowest BCUT2D eigenvalue weighted by molar-refractivity contribution is -0.144. The average Bonchev–Trinajstić information content (AvgIpc) is 3.35. The number of hydrogen-bond acceptors (Lipinski definition) is 6. The Morgan fingerprint density at radius 2 is 1.88 bits per heavy atom. The minimum Gasteiger partial charge on any atom is -0.466 e. The van der Waals surface area contributed by atoms with E-state index < -0.39 is 24.0 Å². The second kappa shape index (κ2) is 11.3. The molecule has 0 aliphatic rings. The van der Waals surface area contributed by atoms with Crippen molar-refractivity contribution in [3.05, 3.63) is 82.5 Å². The van der Waals surface area contributed by atoms with Crippen LogP contribution in [0, 0.1) is 0 Å². The van der Waals surface area contributed by atoms with Gasteiger partial charge in [-0.25, -0.2) is 0 Å². The molecule has 0 aliphatic heterocycles. The molecular formula is C22H23N7O3. The van der Waals surface area contributed by atoms with E-state index in [1.54, 1.807) is 6.92 Å². The van der Waals surface area contributed by atoms with Crippen LogP contribution in [0.3, 0.4) is 0 Å². The third-order valence-electron chi connectivity index (χ3n) is 4.78. The highest BCUT2D eigenvalue weighted by molar-refractivity contribution is 5.92. The van der Waals surface area contributed by atoms with Crippen LogP contribution in [0.25, 0.3) is 21.6 Å². The van der Waals surface area contributed by atoms with Gasteiger partial charge in [0.25, 0.3) is 5.91 Å². The Balaban J connectivity index is 1.78. The largest absolute Gasteiger partial charge is 0.466 e. The number of nitrogens with zero attached hydrogens (tertiary/aromatic N) is 5. The van der Waals surface area contributed by atoms with E-state index >= 15 is 0 Å². The fourth-order valence-corrected chi connectivity index (χ4v) is 3.27. The summed E-state index contributed by atoms with van der Waals surface area (Å²) in [6.45, 7) is 1.83. The second-order valence-corrected chi connectivity index (χ2v) is 7.00. The lowest BCUT2D eigenvalue weighted by Gasteiger charge is -2.21. The van der Waals surface area contributed by atoms with Gasteiger partial charge in [-0.05, 0) is 42.0 Å². The van der Waals surface area contributed by atoms with E-state index in [9.17, 15) is 9.59 Å². The molecule has 0 unspecified atom stereocenters. The highest BCUT2D eigenvalue weighted by Gasteiger charge is 2.25. The van der Waals surface area contributed by atoms with Gasteiger partial charge in [0.05, 0.1) is 12.8 Å². The summed E-state index contributed by atoms with van der Waals surface area (Å²) in [5.41, 5.74) is 12.1. The Morgan fingerprint density at radius 3 is 2.50 bits per heavy atom. The van der Waals surface area contributed by atoms with E-state index in [1.807, 2.05) is 54.6 Å². The van der Waals surface area contributed by atoms with Crippen molar-refractivity contribution >= 4 is 11.9 Å². The third kappa shape index (κ3) is 6.16. The van der Waals surface area contributed by atoms with Crippen LogP contribution in [0.15, 0.2) is 65.9 Å². The average molecular weight is 433 g/mol. The van der Waals surface area contributed by atoms with Crippen molar-refractivity contribution in [2.24, 2.45) is 5.11 Å². The zero-order valence-electron chi connectivity index (χ0n) is 17.5. The molecule has 32 heavy (non-hydrogen) atoms. The van der Waals surface area contributed by atoms with E-state index in [-0.39, 0.29) is 18.7 Å². The van der Waals surface area contributed by atoms with E-state index in [0.717, 1.165) is 16.7 Å². The van der Waals surface area contributed by atoms with Gasteiger partial charge in [0.2, 0.25) is 0 Å². The number of hydrogen-bond donors (Lipinski definition) is 2. The molecule has 2 N–H and O–H groups in total. The molecule has 2 atom stereocenters. The zero-order valence-corrected chi connectivity index (χ0v) is 17.5. The number of carbonyl (C=O) groups excluding carboxylic acids is 2. The van der Waals surface area contributed by atoms with Gasteiger partial charge >= 0.3 is 5.97 Å². The third-order valence-corrected chi connectivity index (χ3v) is 4.78. The number of ether oxygens (including phenoxy) is 1. The van der Waals surface area contributed by atoms with Gasteiger partial charge in [0, 0.05) is 11.0 Å². The van der Waals surface area contributed by atoms with Crippen LogP contribution in [0.4, 0.5) is 0 Å². The van der Waals surface area contributed by atoms with Crippen LogP contribution in [0.1, 0.15) is 29.4 Å². The topological polar surface area (TPSA) is 146 Å². The van der Waals surface area contributed by atoms with Gasteiger partial charge in [-0.15, -0.1) is 0 Å². The molecule has 0 aliphatic carbocycles. The van der Waals surface area contributed by atoms with Crippen LogP contribution in [0.2, 0.25) is 0 Å². The van der Waals surface area contributed by atoms with Gasteiger partial charge in [-0.1, -0.05) is 59.7 Å². The van der Waals surface area contributed by atoms with Crippen molar-refractivity contribution in [3.8, 4) is 11.1 Å². The van der Waals surface area contributed by atoms with Crippen LogP contribution < -0.4 is 5.32 Å². The molecule has 0 bridgehead atoms. The number of azide groups is 1. The van der Waals surface area contributed by atoms with E-state index in [4.69, 9.17) is 10.3 Å². The summed E-state index contributed by atoms with van der Waals surface area (Å²) in [5.74, 6) is -1.08. The maximum absolute atomic E-state index is 12.5. The first kappa shape index (κ1) is 22.5. The number of rotatable bonds is 10. The van der Waals surface area contributed by atoms with Crippen molar-refractivity contribution in [2.45, 2.75) is 31.8 Å². The lowest BCUT2D eigenvalue weighted by Crippen LogP contribution is -2.40. The summed E-state index contributed by atoms with van der Waals surface area (Å²) in [6, 6.07) is 16.3. The van der Waals surface area contributed by atoms with Crippen molar-refractivity contribution in [1.29, 1.82) is 0 Å². The molecule has 164 valence electrons. The smallest absolute Gasteiger partial charge is 0.314 e.